The second-order valence-electron chi connectivity index (χ2n) is 4.91. The van der Waals surface area contributed by atoms with E-state index < -0.39 is 0 Å². The Morgan fingerprint density at radius 1 is 1.14 bits per heavy atom. The monoisotopic (exact) mass is 307 g/mol. The molecule has 1 heterocycles. The van der Waals surface area contributed by atoms with Gasteiger partial charge in [0.2, 0.25) is 11.2 Å². The van der Waals surface area contributed by atoms with E-state index in [0.717, 1.165) is 11.4 Å². The van der Waals surface area contributed by atoms with E-state index in [-0.39, 0.29) is 17.4 Å². The van der Waals surface area contributed by atoms with Crippen LogP contribution in [0.5, 0.6) is 6.01 Å². The molecule has 1 N–H and O–H groups in total. The number of hydrogen-bond acceptors (Lipinski definition) is 6. The molecule has 0 atom stereocenters. The Kier molecular flexibility index (Phi) is 4.80. The lowest BCUT2D eigenvalue weighted by Gasteiger charge is -2.17. The van der Waals surface area contributed by atoms with Crippen molar-refractivity contribution in [2.24, 2.45) is 0 Å². The van der Waals surface area contributed by atoms with E-state index in [1.54, 1.807) is 0 Å². The summed E-state index contributed by atoms with van der Waals surface area (Å²) in [5.41, 5.74) is 1.89. The van der Waals surface area contributed by atoms with Gasteiger partial charge in [0.25, 0.3) is 0 Å². The summed E-state index contributed by atoms with van der Waals surface area (Å²) in [7, 11) is 3.93. The van der Waals surface area contributed by atoms with E-state index in [1.807, 2.05) is 57.1 Å². The fourth-order valence-electron chi connectivity index (χ4n) is 1.74. The first-order valence-electron chi connectivity index (χ1n) is 6.57. The van der Waals surface area contributed by atoms with Crippen LogP contribution in [0.2, 0.25) is 5.28 Å². The summed E-state index contributed by atoms with van der Waals surface area (Å²) in [6.45, 7) is 3.79. The summed E-state index contributed by atoms with van der Waals surface area (Å²) in [6, 6.07) is 8.04. The third kappa shape index (κ3) is 4.19. The van der Waals surface area contributed by atoms with E-state index in [0.29, 0.717) is 5.95 Å². The molecule has 6 nitrogen and oxygen atoms in total. The van der Waals surface area contributed by atoms with Gasteiger partial charge in [0, 0.05) is 14.1 Å². The van der Waals surface area contributed by atoms with E-state index in [1.165, 1.54) is 0 Å². The van der Waals surface area contributed by atoms with Gasteiger partial charge in [0.1, 0.15) is 0 Å². The van der Waals surface area contributed by atoms with Crippen molar-refractivity contribution < 1.29 is 4.74 Å². The number of rotatable bonds is 5. The molecule has 0 amide bonds. The Balaban J connectivity index is 2.29. The Hall–Kier alpha value is -2.08. The second kappa shape index (κ2) is 6.58. The van der Waals surface area contributed by atoms with Crippen LogP contribution in [0.3, 0.4) is 0 Å². The summed E-state index contributed by atoms with van der Waals surface area (Å²) in [4.78, 5) is 14.2. The Morgan fingerprint density at radius 3 is 2.52 bits per heavy atom. The molecule has 1 aromatic carbocycles. The Labute approximate surface area is 129 Å². The maximum Gasteiger partial charge on any atom is 0.322 e. The molecule has 0 saturated carbocycles. The number of ether oxygens (including phenoxy) is 1. The van der Waals surface area contributed by atoms with Crippen LogP contribution >= 0.6 is 11.6 Å². The SMILES string of the molecule is CC(C)Oc1nc(Cl)nc(Nc2ccccc2N(C)C)n1. The van der Waals surface area contributed by atoms with Crippen LogP contribution in [0.15, 0.2) is 24.3 Å². The smallest absolute Gasteiger partial charge is 0.322 e. The number of nitrogens with zero attached hydrogens (tertiary/aromatic N) is 4. The molecule has 0 radical (unpaired) electrons. The molecule has 112 valence electrons. The van der Waals surface area contributed by atoms with Gasteiger partial charge in [0.15, 0.2) is 0 Å². The zero-order valence-corrected chi connectivity index (χ0v) is 13.2. The molecule has 7 heteroatoms. The maximum absolute atomic E-state index is 5.91. The van der Waals surface area contributed by atoms with Gasteiger partial charge in [-0.2, -0.15) is 15.0 Å². The van der Waals surface area contributed by atoms with Crippen LogP contribution in [0.25, 0.3) is 0 Å². The van der Waals surface area contributed by atoms with Crippen molar-refractivity contribution >= 4 is 28.9 Å². The molecular formula is C14H18ClN5O. The minimum atomic E-state index is -0.0367. The van der Waals surface area contributed by atoms with Gasteiger partial charge in [-0.15, -0.1) is 0 Å². The van der Waals surface area contributed by atoms with Crippen LogP contribution in [-0.2, 0) is 0 Å². The number of halogens is 1. The van der Waals surface area contributed by atoms with Crippen molar-refractivity contribution in [1.29, 1.82) is 0 Å². The van der Waals surface area contributed by atoms with E-state index in [4.69, 9.17) is 16.3 Å². The first-order chi connectivity index (χ1) is 9.95. The van der Waals surface area contributed by atoms with Crippen LogP contribution in [0.1, 0.15) is 13.8 Å². The minimum Gasteiger partial charge on any atom is -0.461 e. The largest absolute Gasteiger partial charge is 0.461 e. The van der Waals surface area contributed by atoms with Crippen LogP contribution in [-0.4, -0.2) is 35.2 Å². The third-order valence-electron chi connectivity index (χ3n) is 2.56. The molecule has 0 saturated heterocycles. The molecule has 0 unspecified atom stereocenters. The fourth-order valence-corrected chi connectivity index (χ4v) is 1.89. The van der Waals surface area contributed by atoms with Crippen molar-refractivity contribution in [3.8, 4) is 6.01 Å². The lowest BCUT2D eigenvalue weighted by Crippen LogP contribution is -2.12. The molecule has 2 rings (SSSR count). The quantitative estimate of drug-likeness (QED) is 0.915. The van der Waals surface area contributed by atoms with Gasteiger partial charge in [0.05, 0.1) is 17.5 Å². The average Bonchev–Trinajstić information content (AvgIpc) is 2.37. The zero-order chi connectivity index (χ0) is 15.4. The maximum atomic E-state index is 5.91. The predicted molar refractivity (Wildman–Crippen MR) is 84.7 cm³/mol. The van der Waals surface area contributed by atoms with Gasteiger partial charge in [-0.05, 0) is 37.6 Å². The summed E-state index contributed by atoms with van der Waals surface area (Å²) in [5, 5.41) is 3.23. The molecule has 0 aliphatic carbocycles. The van der Waals surface area contributed by atoms with Gasteiger partial charge < -0.3 is 15.0 Å². The molecule has 21 heavy (non-hydrogen) atoms. The molecule has 0 aliphatic rings. The summed E-state index contributed by atoms with van der Waals surface area (Å²) < 4.78 is 5.45. The van der Waals surface area contributed by atoms with Crippen molar-refractivity contribution in [2.75, 3.05) is 24.3 Å². The predicted octanol–water partition coefficient (Wildman–Crippen LogP) is 3.12. The highest BCUT2D eigenvalue weighted by molar-refractivity contribution is 6.28. The standard InChI is InChI=1S/C14H18ClN5O/c1-9(2)21-14-18-12(15)17-13(19-14)16-10-7-5-6-8-11(10)20(3)4/h5-9H,1-4H3,(H,16,17,18,19). The van der Waals surface area contributed by atoms with Crippen molar-refractivity contribution in [3.05, 3.63) is 29.5 Å². The van der Waals surface area contributed by atoms with Gasteiger partial charge in [-0.1, -0.05) is 12.1 Å². The van der Waals surface area contributed by atoms with Gasteiger partial charge in [-0.3, -0.25) is 0 Å². The van der Waals surface area contributed by atoms with E-state index in [9.17, 15) is 0 Å². The van der Waals surface area contributed by atoms with Gasteiger partial charge >= 0.3 is 6.01 Å². The molecule has 0 spiro atoms. The molecule has 0 bridgehead atoms. The van der Waals surface area contributed by atoms with Crippen LogP contribution in [0.4, 0.5) is 17.3 Å². The van der Waals surface area contributed by atoms with Crippen molar-refractivity contribution in [2.45, 2.75) is 20.0 Å². The van der Waals surface area contributed by atoms with Gasteiger partial charge in [-0.25, -0.2) is 0 Å². The number of aromatic nitrogens is 3. The molecule has 0 aliphatic heterocycles. The van der Waals surface area contributed by atoms with Crippen LogP contribution in [0, 0.1) is 0 Å². The number of anilines is 3. The summed E-state index contributed by atoms with van der Waals surface area (Å²) >= 11 is 5.91. The normalized spacial score (nSPS) is 10.6. The lowest BCUT2D eigenvalue weighted by molar-refractivity contribution is 0.222. The Bertz CT molecular complexity index is 618. The second-order valence-corrected chi connectivity index (χ2v) is 5.25. The number of nitrogens with one attached hydrogen (secondary N) is 1. The fraction of sp³-hybridized carbons (Fsp3) is 0.357. The zero-order valence-electron chi connectivity index (χ0n) is 12.5. The third-order valence-corrected chi connectivity index (χ3v) is 2.73. The average molecular weight is 308 g/mol. The van der Waals surface area contributed by atoms with E-state index in [2.05, 4.69) is 20.3 Å². The molecule has 1 aromatic heterocycles. The highest BCUT2D eigenvalue weighted by Crippen LogP contribution is 2.26. The lowest BCUT2D eigenvalue weighted by atomic mass is 10.2. The topological polar surface area (TPSA) is 63.2 Å². The van der Waals surface area contributed by atoms with Crippen molar-refractivity contribution in [3.63, 3.8) is 0 Å². The highest BCUT2D eigenvalue weighted by atomic mass is 35.5. The first kappa shape index (κ1) is 15.3. The number of benzene rings is 1. The summed E-state index contributed by atoms with van der Waals surface area (Å²) in [6.07, 6.45) is -0.0367. The first-order valence-corrected chi connectivity index (χ1v) is 6.95. The van der Waals surface area contributed by atoms with E-state index >= 15 is 0 Å². The van der Waals surface area contributed by atoms with Crippen molar-refractivity contribution in [1.82, 2.24) is 15.0 Å². The summed E-state index contributed by atoms with van der Waals surface area (Å²) in [5.74, 6) is 0.347. The number of para-hydroxylation sites is 2. The van der Waals surface area contributed by atoms with Crippen LogP contribution < -0.4 is 15.0 Å². The molecule has 0 fully saturated rings. The minimum absolute atomic E-state index is 0.0367. The number of hydrogen-bond donors (Lipinski definition) is 1. The Morgan fingerprint density at radius 2 is 1.86 bits per heavy atom. The highest BCUT2D eigenvalue weighted by Gasteiger charge is 2.10. The molecule has 2 aromatic rings. The molecular weight excluding hydrogens is 290 g/mol.